The van der Waals surface area contributed by atoms with Gasteiger partial charge in [0.25, 0.3) is 11.5 Å². The van der Waals surface area contributed by atoms with E-state index in [0.29, 0.717) is 5.56 Å². The van der Waals surface area contributed by atoms with Crippen LogP contribution in [0.2, 0.25) is 5.02 Å². The second kappa shape index (κ2) is 6.36. The van der Waals surface area contributed by atoms with Crippen molar-refractivity contribution in [3.05, 3.63) is 75.2 Å². The Morgan fingerprint density at radius 1 is 1.22 bits per heavy atom. The average molecular weight is 387 g/mol. The largest absolute Gasteiger partial charge is 0.384 e. The van der Waals surface area contributed by atoms with E-state index in [1.807, 2.05) is 0 Å². The van der Waals surface area contributed by atoms with Crippen LogP contribution in [0.5, 0.6) is 0 Å². The van der Waals surface area contributed by atoms with Crippen LogP contribution >= 0.6 is 11.6 Å². The quantitative estimate of drug-likeness (QED) is 0.634. The maximum absolute atomic E-state index is 13.6. The molecule has 1 aliphatic heterocycles. The molecule has 0 saturated heterocycles. The molecule has 0 radical (unpaired) electrons. The maximum Gasteiger partial charge on any atom is 0.276 e. The number of fused-ring (bicyclic) bond motifs is 1. The smallest absolute Gasteiger partial charge is 0.276 e. The number of rotatable bonds is 3. The lowest BCUT2D eigenvalue weighted by Gasteiger charge is -2.16. The van der Waals surface area contributed by atoms with Crippen molar-refractivity contribution in [3.63, 3.8) is 0 Å². The molecule has 4 N–H and O–H groups in total. The topological polar surface area (TPSA) is 115 Å². The number of amides is 1. The number of benzene rings is 1. The van der Waals surface area contributed by atoms with E-state index in [0.717, 1.165) is 0 Å². The molecule has 0 saturated carbocycles. The van der Waals surface area contributed by atoms with Gasteiger partial charge in [-0.25, -0.2) is 14.4 Å². The fourth-order valence-corrected chi connectivity index (χ4v) is 3.19. The predicted octanol–water partition coefficient (Wildman–Crippen LogP) is 2.05. The molecule has 3 heterocycles. The summed E-state index contributed by atoms with van der Waals surface area (Å²) in [4.78, 5) is 33.1. The summed E-state index contributed by atoms with van der Waals surface area (Å²) in [6.07, 6.45) is 0.357. The van der Waals surface area contributed by atoms with E-state index in [1.54, 1.807) is 6.07 Å². The van der Waals surface area contributed by atoms with Gasteiger partial charge in [-0.1, -0.05) is 23.7 Å². The van der Waals surface area contributed by atoms with Gasteiger partial charge in [0.1, 0.15) is 41.3 Å². The maximum atomic E-state index is 13.6. The van der Waals surface area contributed by atoms with E-state index in [2.05, 4.69) is 20.6 Å². The number of aromatic nitrogens is 3. The van der Waals surface area contributed by atoms with Crippen molar-refractivity contribution >= 4 is 34.8 Å². The van der Waals surface area contributed by atoms with Crippen LogP contribution in [0.15, 0.2) is 47.5 Å². The zero-order valence-electron chi connectivity index (χ0n) is 13.6. The molecule has 3 aromatic rings. The molecule has 10 heteroatoms. The second-order valence-electron chi connectivity index (χ2n) is 5.81. The van der Waals surface area contributed by atoms with Gasteiger partial charge in [0, 0.05) is 6.07 Å². The van der Waals surface area contributed by atoms with Crippen molar-refractivity contribution in [1.29, 1.82) is 0 Å². The number of hydrogen-bond acceptors (Lipinski definition) is 6. The molecule has 1 amide bonds. The van der Waals surface area contributed by atoms with Gasteiger partial charge in [-0.2, -0.15) is 0 Å². The molecule has 0 spiro atoms. The number of nitrogens with zero attached hydrogens (tertiary/aromatic N) is 3. The Bertz CT molecular complexity index is 1130. The monoisotopic (exact) mass is 386 g/mol. The zero-order valence-corrected chi connectivity index (χ0v) is 14.4. The van der Waals surface area contributed by atoms with Crippen molar-refractivity contribution in [2.75, 3.05) is 11.1 Å². The van der Waals surface area contributed by atoms with Gasteiger partial charge < -0.3 is 16.4 Å². The van der Waals surface area contributed by atoms with Crippen molar-refractivity contribution < 1.29 is 9.18 Å². The van der Waals surface area contributed by atoms with Crippen LogP contribution in [0.25, 0.3) is 0 Å². The third-order valence-electron chi connectivity index (χ3n) is 4.04. The summed E-state index contributed by atoms with van der Waals surface area (Å²) in [6.45, 7) is 0. The van der Waals surface area contributed by atoms with Crippen LogP contribution in [0.1, 0.15) is 22.2 Å². The third-order valence-corrected chi connectivity index (χ3v) is 4.33. The normalized spacial score (nSPS) is 15.3. The SMILES string of the molecule is Nc1cc(Nc2cc(Cl)c3n(c2=O)C(c2cccc(F)c2)NC3=O)ncn1. The van der Waals surface area contributed by atoms with E-state index in [1.165, 1.54) is 41.2 Å². The number of anilines is 3. The lowest BCUT2D eigenvalue weighted by atomic mass is 10.1. The van der Waals surface area contributed by atoms with Crippen molar-refractivity contribution in [2.45, 2.75) is 6.17 Å². The minimum absolute atomic E-state index is 0.00341. The van der Waals surface area contributed by atoms with Gasteiger partial charge in [-0.05, 0) is 23.8 Å². The lowest BCUT2D eigenvalue weighted by Crippen LogP contribution is -2.29. The molecule has 4 rings (SSSR count). The van der Waals surface area contributed by atoms with Crippen molar-refractivity contribution in [3.8, 4) is 0 Å². The lowest BCUT2D eigenvalue weighted by molar-refractivity contribution is 0.0960. The van der Waals surface area contributed by atoms with Crippen LogP contribution in [0.3, 0.4) is 0 Å². The molecule has 1 unspecified atom stereocenters. The molecule has 2 aromatic heterocycles. The zero-order chi connectivity index (χ0) is 19.1. The minimum Gasteiger partial charge on any atom is -0.384 e. The first-order valence-electron chi connectivity index (χ1n) is 7.80. The van der Waals surface area contributed by atoms with Crippen molar-refractivity contribution in [1.82, 2.24) is 19.9 Å². The molecule has 0 fully saturated rings. The van der Waals surface area contributed by atoms with Crippen LogP contribution < -0.4 is 21.9 Å². The molecule has 136 valence electrons. The number of carbonyl (C=O) groups excluding carboxylic acids is 1. The average Bonchev–Trinajstić information content (AvgIpc) is 2.98. The molecule has 1 aliphatic rings. The van der Waals surface area contributed by atoms with Crippen LogP contribution in [-0.2, 0) is 0 Å². The molecule has 27 heavy (non-hydrogen) atoms. The summed E-state index contributed by atoms with van der Waals surface area (Å²) >= 11 is 6.23. The number of carbonyl (C=O) groups is 1. The summed E-state index contributed by atoms with van der Waals surface area (Å²) in [7, 11) is 0. The van der Waals surface area contributed by atoms with E-state index in [-0.39, 0.29) is 28.0 Å². The van der Waals surface area contributed by atoms with Gasteiger partial charge in [0.05, 0.1) is 5.02 Å². The molecule has 1 atom stereocenters. The predicted molar refractivity (Wildman–Crippen MR) is 97.4 cm³/mol. The Morgan fingerprint density at radius 3 is 2.78 bits per heavy atom. The fraction of sp³-hybridized carbons (Fsp3) is 0.0588. The second-order valence-corrected chi connectivity index (χ2v) is 6.22. The van der Waals surface area contributed by atoms with Gasteiger partial charge >= 0.3 is 0 Å². The molecular weight excluding hydrogens is 375 g/mol. The summed E-state index contributed by atoms with van der Waals surface area (Å²) in [5, 5.41) is 5.53. The highest BCUT2D eigenvalue weighted by atomic mass is 35.5. The van der Waals surface area contributed by atoms with Crippen LogP contribution in [0.4, 0.5) is 21.7 Å². The number of hydrogen-bond donors (Lipinski definition) is 3. The highest BCUT2D eigenvalue weighted by molar-refractivity contribution is 6.34. The first-order chi connectivity index (χ1) is 12.9. The Kier molecular flexibility index (Phi) is 4.00. The highest BCUT2D eigenvalue weighted by Gasteiger charge is 2.34. The standard InChI is InChI=1S/C17H12ClFN6O2/c18-10-5-11(23-13-6-12(20)21-7-22-13)17(27)25-14(10)16(26)24-15(25)8-2-1-3-9(19)4-8/h1-7,15H,(H,24,26)(H3,20,21,22,23). The van der Waals surface area contributed by atoms with E-state index >= 15 is 0 Å². The summed E-state index contributed by atoms with van der Waals surface area (Å²) in [5.74, 6) is -0.505. The molecule has 0 bridgehead atoms. The molecule has 1 aromatic carbocycles. The number of pyridine rings is 1. The van der Waals surface area contributed by atoms with E-state index < -0.39 is 23.4 Å². The summed E-state index contributed by atoms with van der Waals surface area (Å²) in [5.41, 5.74) is 5.57. The number of nitrogens with two attached hydrogens (primary N) is 1. The Balaban J connectivity index is 1.84. The Labute approximate surface area is 156 Å². The van der Waals surface area contributed by atoms with Crippen LogP contribution in [0, 0.1) is 5.82 Å². The summed E-state index contributed by atoms with van der Waals surface area (Å²) < 4.78 is 14.8. The number of halogens is 2. The van der Waals surface area contributed by atoms with E-state index in [4.69, 9.17) is 17.3 Å². The van der Waals surface area contributed by atoms with Gasteiger partial charge in [0.15, 0.2) is 0 Å². The number of nitrogen functional groups attached to an aromatic ring is 1. The van der Waals surface area contributed by atoms with Crippen molar-refractivity contribution in [2.24, 2.45) is 0 Å². The summed E-state index contributed by atoms with van der Waals surface area (Å²) in [6, 6.07) is 8.39. The Hall–Kier alpha value is -3.46. The van der Waals surface area contributed by atoms with Gasteiger partial charge in [-0.15, -0.1) is 0 Å². The molecule has 0 aliphatic carbocycles. The van der Waals surface area contributed by atoms with E-state index in [9.17, 15) is 14.0 Å². The molecule has 8 nitrogen and oxygen atoms in total. The third kappa shape index (κ3) is 2.97. The first kappa shape index (κ1) is 17.0. The molecular formula is C17H12ClFN6O2. The minimum atomic E-state index is -0.884. The van der Waals surface area contributed by atoms with Crippen LogP contribution in [-0.4, -0.2) is 20.4 Å². The number of nitrogens with one attached hydrogen (secondary N) is 2. The fourth-order valence-electron chi connectivity index (χ4n) is 2.90. The first-order valence-corrected chi connectivity index (χ1v) is 8.18. The van der Waals surface area contributed by atoms with Gasteiger partial charge in [0.2, 0.25) is 0 Å². The Morgan fingerprint density at radius 2 is 2.04 bits per heavy atom. The highest BCUT2D eigenvalue weighted by Crippen LogP contribution is 2.29. The van der Waals surface area contributed by atoms with Gasteiger partial charge in [-0.3, -0.25) is 14.2 Å².